The number of nitrogens with one attached hydrogen (secondary N) is 2. The van der Waals surface area contributed by atoms with Crippen molar-refractivity contribution >= 4 is 40.2 Å². The summed E-state index contributed by atoms with van der Waals surface area (Å²) in [7, 11) is 0. The monoisotopic (exact) mass is 402 g/mol. The van der Waals surface area contributed by atoms with Crippen LogP contribution in [0.5, 0.6) is 0 Å². The number of allylic oxidation sites excluding steroid dienone is 1. The van der Waals surface area contributed by atoms with Crippen molar-refractivity contribution in [2.75, 3.05) is 5.43 Å². The van der Waals surface area contributed by atoms with Crippen LogP contribution < -0.4 is 10.9 Å². The summed E-state index contributed by atoms with van der Waals surface area (Å²) in [5, 5.41) is 11.0. The average Bonchev–Trinajstić information content (AvgIpc) is 3.40. The Kier molecular flexibility index (Phi) is 5.60. The fraction of sp³-hybridized carbons (Fsp3) is 0.125. The van der Waals surface area contributed by atoms with Crippen LogP contribution >= 0.6 is 11.3 Å². The number of benzene rings is 2. The van der Waals surface area contributed by atoms with Crippen molar-refractivity contribution in [3.63, 3.8) is 0 Å². The smallest absolute Gasteiger partial charge is 0.328 e. The second-order valence-corrected chi connectivity index (χ2v) is 7.78. The van der Waals surface area contributed by atoms with Gasteiger partial charge < -0.3 is 10.5 Å². The third kappa shape index (κ3) is 4.16. The Bertz CT molecular complexity index is 1100. The normalized spacial score (nSPS) is 13.8. The summed E-state index contributed by atoms with van der Waals surface area (Å²) in [6.07, 6.45) is 3.73. The lowest BCUT2D eigenvalue weighted by atomic mass is 9.88. The number of hydrogen-bond acceptors (Lipinski definition) is 4. The highest BCUT2D eigenvalue weighted by Gasteiger charge is 2.17. The van der Waals surface area contributed by atoms with E-state index in [2.05, 4.69) is 71.7 Å². The van der Waals surface area contributed by atoms with Gasteiger partial charge in [0.15, 0.2) is 0 Å². The summed E-state index contributed by atoms with van der Waals surface area (Å²) in [5.74, 6) is -0.937. The molecule has 0 aliphatic carbocycles. The summed E-state index contributed by atoms with van der Waals surface area (Å²) < 4.78 is 0. The molecule has 1 aliphatic rings. The van der Waals surface area contributed by atoms with Crippen LogP contribution in [0.1, 0.15) is 40.5 Å². The lowest BCUT2D eigenvalue weighted by Crippen LogP contribution is -2.10. The zero-order valence-electron chi connectivity index (χ0n) is 16.1. The fourth-order valence-electron chi connectivity index (χ4n) is 3.66. The molecule has 4 rings (SSSR count). The Morgan fingerprint density at radius 3 is 2.69 bits per heavy atom. The number of anilines is 1. The number of fused-ring (bicyclic) bond motifs is 1. The molecule has 0 atom stereocenters. The first-order valence-electron chi connectivity index (χ1n) is 9.56. The molecule has 5 heteroatoms. The Balaban J connectivity index is 1.88. The molecule has 2 heterocycles. The Morgan fingerprint density at radius 1 is 1.10 bits per heavy atom. The van der Waals surface area contributed by atoms with E-state index in [9.17, 15) is 4.79 Å². The van der Waals surface area contributed by atoms with Crippen molar-refractivity contribution < 1.29 is 9.90 Å². The zero-order valence-corrected chi connectivity index (χ0v) is 16.9. The number of carbonyl (C=O) groups is 1. The quantitative estimate of drug-likeness (QED) is 0.369. The van der Waals surface area contributed by atoms with Crippen molar-refractivity contribution in [1.82, 2.24) is 5.43 Å². The van der Waals surface area contributed by atoms with Crippen LogP contribution in [0.3, 0.4) is 0 Å². The first kappa shape index (κ1) is 19.2. The minimum atomic E-state index is -0.937. The highest BCUT2D eigenvalue weighted by Crippen LogP contribution is 2.38. The molecule has 0 saturated carbocycles. The van der Waals surface area contributed by atoms with Crippen molar-refractivity contribution in [3.05, 3.63) is 93.2 Å². The predicted octanol–water partition coefficient (Wildman–Crippen LogP) is 5.65. The molecule has 29 heavy (non-hydrogen) atoms. The predicted molar refractivity (Wildman–Crippen MR) is 121 cm³/mol. The van der Waals surface area contributed by atoms with E-state index in [0.29, 0.717) is 0 Å². The molecular weight excluding hydrogens is 380 g/mol. The Hall–Kier alpha value is -3.15. The van der Waals surface area contributed by atoms with Gasteiger partial charge >= 0.3 is 5.97 Å². The molecule has 0 fully saturated rings. The highest BCUT2D eigenvalue weighted by atomic mass is 32.1. The Morgan fingerprint density at radius 2 is 1.93 bits per heavy atom. The lowest BCUT2D eigenvalue weighted by molar-refractivity contribution is -0.131. The van der Waals surface area contributed by atoms with E-state index in [1.165, 1.54) is 33.9 Å². The van der Waals surface area contributed by atoms with Crippen LogP contribution in [-0.2, 0) is 11.3 Å². The number of carboxylic acids is 1. The summed E-state index contributed by atoms with van der Waals surface area (Å²) in [4.78, 5) is 11.8. The summed E-state index contributed by atoms with van der Waals surface area (Å²) in [5.41, 5.74) is 14.7. The van der Waals surface area contributed by atoms with E-state index >= 15 is 0 Å². The summed E-state index contributed by atoms with van der Waals surface area (Å²) >= 11 is 1.55. The number of aliphatic carboxylic acids is 1. The van der Waals surface area contributed by atoms with Gasteiger partial charge in [0.05, 0.1) is 5.69 Å². The van der Waals surface area contributed by atoms with E-state index < -0.39 is 5.97 Å². The molecule has 3 aromatic rings. The largest absolute Gasteiger partial charge is 0.478 e. The molecule has 0 amide bonds. The molecule has 3 N–H and O–H groups in total. The molecule has 0 spiro atoms. The topological polar surface area (TPSA) is 61.4 Å². The van der Waals surface area contributed by atoms with Gasteiger partial charge in [-0.25, -0.2) is 10.2 Å². The summed E-state index contributed by atoms with van der Waals surface area (Å²) in [6, 6.07) is 19.0. The van der Waals surface area contributed by atoms with Gasteiger partial charge in [-0.15, -0.1) is 11.3 Å². The second-order valence-electron chi connectivity index (χ2n) is 6.83. The third-order valence-corrected chi connectivity index (χ3v) is 5.87. The molecular formula is C24H22N2O2S. The van der Waals surface area contributed by atoms with Crippen LogP contribution in [0.25, 0.3) is 17.2 Å². The van der Waals surface area contributed by atoms with E-state index in [0.717, 1.165) is 29.1 Å². The first-order valence-corrected chi connectivity index (χ1v) is 10.4. The van der Waals surface area contributed by atoms with Crippen LogP contribution in [0.4, 0.5) is 5.69 Å². The molecule has 0 radical (unpaired) electrons. The number of hydrazine groups is 1. The van der Waals surface area contributed by atoms with Crippen molar-refractivity contribution in [2.24, 2.45) is 0 Å². The van der Waals surface area contributed by atoms with Crippen molar-refractivity contribution in [1.29, 1.82) is 0 Å². The molecule has 1 aromatic heterocycles. The average molecular weight is 403 g/mol. The minimum Gasteiger partial charge on any atom is -0.478 e. The number of hydrogen-bond donors (Lipinski definition) is 3. The van der Waals surface area contributed by atoms with Gasteiger partial charge in [-0.1, -0.05) is 43.3 Å². The number of carboxylic acid groups (broad SMARTS) is 1. The number of rotatable bonds is 6. The summed E-state index contributed by atoms with van der Waals surface area (Å²) in [6.45, 7) is 2.97. The van der Waals surface area contributed by atoms with Gasteiger partial charge in [0.2, 0.25) is 0 Å². The zero-order chi connectivity index (χ0) is 20.2. The maximum atomic E-state index is 10.9. The van der Waals surface area contributed by atoms with Crippen LogP contribution in [0, 0.1) is 0 Å². The van der Waals surface area contributed by atoms with E-state index in [1.807, 2.05) is 6.07 Å². The maximum Gasteiger partial charge on any atom is 0.328 e. The van der Waals surface area contributed by atoms with Crippen LogP contribution in [0.15, 0.2) is 66.1 Å². The fourth-order valence-corrected chi connectivity index (χ4v) is 4.45. The van der Waals surface area contributed by atoms with Gasteiger partial charge in [-0.05, 0) is 69.5 Å². The first-order chi connectivity index (χ1) is 14.2. The molecule has 0 bridgehead atoms. The van der Waals surface area contributed by atoms with E-state index in [-0.39, 0.29) is 0 Å². The van der Waals surface area contributed by atoms with Crippen LogP contribution in [0.2, 0.25) is 0 Å². The third-order valence-electron chi connectivity index (χ3n) is 4.97. The number of thiophene rings is 1. The van der Waals surface area contributed by atoms with Crippen LogP contribution in [-0.4, -0.2) is 11.1 Å². The maximum absolute atomic E-state index is 10.9. The van der Waals surface area contributed by atoms with Gasteiger partial charge in [-0.3, -0.25) is 0 Å². The van der Waals surface area contributed by atoms with E-state index in [4.69, 9.17) is 5.11 Å². The van der Waals surface area contributed by atoms with Gasteiger partial charge in [0.1, 0.15) is 0 Å². The minimum absolute atomic E-state index is 0.791. The van der Waals surface area contributed by atoms with Gasteiger partial charge in [-0.2, -0.15) is 0 Å². The van der Waals surface area contributed by atoms with Gasteiger partial charge in [0, 0.05) is 17.5 Å². The van der Waals surface area contributed by atoms with E-state index in [1.54, 1.807) is 17.4 Å². The Labute approximate surface area is 174 Å². The molecule has 4 nitrogen and oxygen atoms in total. The van der Waals surface area contributed by atoms with Crippen molar-refractivity contribution in [3.8, 4) is 0 Å². The SMILES string of the molecule is CC/C(=C(/c1csc(/C=C/C(=O)O)c1)c1ccc2c(c1)CNN2)c1ccccc1. The molecule has 146 valence electrons. The second kappa shape index (κ2) is 8.47. The molecule has 0 unspecified atom stereocenters. The lowest BCUT2D eigenvalue weighted by Gasteiger charge is -2.16. The van der Waals surface area contributed by atoms with Crippen molar-refractivity contribution in [2.45, 2.75) is 19.9 Å². The molecule has 0 saturated heterocycles. The standard InChI is InChI=1S/C24H22N2O2S/c1-2-21(16-6-4-3-5-7-16)24(17-8-10-22-18(12-17)14-25-26-22)19-13-20(29-15-19)9-11-23(27)28/h3-13,15,25-26H,2,14H2,1H3,(H,27,28)/b11-9+,24-21-. The van der Waals surface area contributed by atoms with Gasteiger partial charge in [0.25, 0.3) is 0 Å². The molecule has 2 aromatic carbocycles. The molecule has 1 aliphatic heterocycles. The highest BCUT2D eigenvalue weighted by molar-refractivity contribution is 7.11.